The molecule has 3 nitrogen and oxygen atoms in total. The molecule has 3 saturated heterocycles. The number of halogens is 2. The second kappa shape index (κ2) is 6.36. The Bertz CT molecular complexity index is 549. The average molecular weight is 335 g/mol. The Morgan fingerprint density at radius 2 is 1.75 bits per heavy atom. The molecular formula is C19H27F2N3. The van der Waals surface area contributed by atoms with Crippen LogP contribution in [0.1, 0.15) is 24.8 Å². The van der Waals surface area contributed by atoms with Crippen molar-refractivity contribution in [2.45, 2.75) is 37.8 Å². The monoisotopic (exact) mass is 335 g/mol. The molecule has 3 aliphatic heterocycles. The molecule has 4 rings (SSSR count). The van der Waals surface area contributed by atoms with Crippen LogP contribution in [0.25, 0.3) is 0 Å². The highest BCUT2D eigenvalue weighted by Gasteiger charge is 2.54. The predicted molar refractivity (Wildman–Crippen MR) is 91.2 cm³/mol. The zero-order chi connectivity index (χ0) is 16.6. The van der Waals surface area contributed by atoms with Gasteiger partial charge in [-0.05, 0) is 43.3 Å². The summed E-state index contributed by atoms with van der Waals surface area (Å²) in [4.78, 5) is 3.97. The molecule has 24 heavy (non-hydrogen) atoms. The molecule has 1 N–H and O–H groups in total. The van der Waals surface area contributed by atoms with Crippen LogP contribution in [0.3, 0.4) is 0 Å². The number of nitrogens with zero attached hydrogens (tertiary/aromatic N) is 2. The lowest BCUT2D eigenvalue weighted by atomic mass is 9.71. The Kier molecular flexibility index (Phi) is 4.35. The molecule has 0 radical (unpaired) electrons. The topological polar surface area (TPSA) is 18.5 Å². The molecule has 0 saturated carbocycles. The van der Waals surface area contributed by atoms with Gasteiger partial charge in [0.1, 0.15) is 0 Å². The highest BCUT2D eigenvalue weighted by atomic mass is 19.3. The van der Waals surface area contributed by atoms with Gasteiger partial charge in [-0.2, -0.15) is 0 Å². The minimum atomic E-state index is -2.61. The first kappa shape index (κ1) is 16.4. The average Bonchev–Trinajstić information content (AvgIpc) is 2.54. The molecule has 0 aliphatic carbocycles. The van der Waals surface area contributed by atoms with Crippen molar-refractivity contribution in [2.24, 2.45) is 5.41 Å². The molecule has 3 fully saturated rings. The van der Waals surface area contributed by atoms with Crippen molar-refractivity contribution in [1.29, 1.82) is 0 Å². The van der Waals surface area contributed by atoms with Gasteiger partial charge in [-0.25, -0.2) is 8.78 Å². The summed E-state index contributed by atoms with van der Waals surface area (Å²) in [7, 11) is 0. The molecule has 3 heterocycles. The first-order valence-corrected chi connectivity index (χ1v) is 9.15. The van der Waals surface area contributed by atoms with E-state index in [1.165, 1.54) is 0 Å². The molecule has 5 heteroatoms. The van der Waals surface area contributed by atoms with Crippen LogP contribution in [0.5, 0.6) is 0 Å². The van der Waals surface area contributed by atoms with Gasteiger partial charge in [0.25, 0.3) is 5.92 Å². The number of piperidine rings is 2. The van der Waals surface area contributed by atoms with Crippen LogP contribution in [0.15, 0.2) is 30.3 Å². The van der Waals surface area contributed by atoms with Gasteiger partial charge >= 0.3 is 0 Å². The lowest BCUT2D eigenvalue weighted by molar-refractivity contribution is -0.171. The van der Waals surface area contributed by atoms with Crippen molar-refractivity contribution in [1.82, 2.24) is 15.1 Å². The summed E-state index contributed by atoms with van der Waals surface area (Å²) in [5.74, 6) is -2.61. The van der Waals surface area contributed by atoms with E-state index in [0.717, 1.165) is 51.1 Å². The molecule has 1 aromatic carbocycles. The van der Waals surface area contributed by atoms with Gasteiger partial charge in [-0.1, -0.05) is 30.3 Å². The zero-order valence-electron chi connectivity index (χ0n) is 14.2. The molecule has 1 unspecified atom stereocenters. The Morgan fingerprint density at radius 3 is 2.42 bits per heavy atom. The molecule has 1 aromatic rings. The van der Waals surface area contributed by atoms with Crippen LogP contribution in [0, 0.1) is 5.41 Å². The normalized spacial score (nSPS) is 30.2. The van der Waals surface area contributed by atoms with Gasteiger partial charge < -0.3 is 5.32 Å². The van der Waals surface area contributed by atoms with E-state index in [0.29, 0.717) is 18.4 Å². The van der Waals surface area contributed by atoms with Gasteiger partial charge in [0.05, 0.1) is 12.6 Å². The van der Waals surface area contributed by atoms with Gasteiger partial charge in [0.2, 0.25) is 0 Å². The Morgan fingerprint density at radius 1 is 1.04 bits per heavy atom. The minimum absolute atomic E-state index is 0.113. The molecule has 0 aromatic heterocycles. The van der Waals surface area contributed by atoms with Crippen molar-refractivity contribution in [2.75, 3.05) is 39.3 Å². The number of benzene rings is 1. The quantitative estimate of drug-likeness (QED) is 0.916. The Labute approximate surface area is 143 Å². The molecule has 132 valence electrons. The fourth-order valence-corrected chi connectivity index (χ4v) is 4.73. The van der Waals surface area contributed by atoms with Crippen molar-refractivity contribution < 1.29 is 8.78 Å². The lowest BCUT2D eigenvalue weighted by Gasteiger charge is -2.57. The first-order valence-electron chi connectivity index (χ1n) is 9.15. The smallest absolute Gasteiger partial charge is 0.275 e. The van der Waals surface area contributed by atoms with Crippen molar-refractivity contribution in [3.8, 4) is 0 Å². The van der Waals surface area contributed by atoms with Crippen molar-refractivity contribution in [3.05, 3.63) is 35.9 Å². The van der Waals surface area contributed by atoms with Crippen LogP contribution in [0.2, 0.25) is 0 Å². The molecule has 0 bridgehead atoms. The zero-order valence-corrected chi connectivity index (χ0v) is 14.2. The summed E-state index contributed by atoms with van der Waals surface area (Å²) in [5, 5.41) is 3.37. The number of rotatable bonds is 3. The maximum Gasteiger partial charge on any atom is 0.275 e. The summed E-state index contributed by atoms with van der Waals surface area (Å²) in [6, 6.07) is 9.37. The van der Waals surface area contributed by atoms with E-state index in [4.69, 9.17) is 0 Å². The summed E-state index contributed by atoms with van der Waals surface area (Å²) >= 11 is 0. The third-order valence-electron chi connectivity index (χ3n) is 6.07. The van der Waals surface area contributed by atoms with Crippen LogP contribution in [-0.2, 0) is 6.54 Å². The summed E-state index contributed by atoms with van der Waals surface area (Å²) in [6.45, 7) is 5.09. The van der Waals surface area contributed by atoms with Crippen LogP contribution >= 0.6 is 0 Å². The SMILES string of the molecule is FC1(F)CN(Cc2ccccc2)CCC1N1CC2(CCNCC2)C1. The number of likely N-dealkylation sites (tertiary alicyclic amines) is 2. The lowest BCUT2D eigenvalue weighted by Crippen LogP contribution is -2.68. The van der Waals surface area contributed by atoms with Gasteiger partial charge in [-0.15, -0.1) is 0 Å². The van der Waals surface area contributed by atoms with E-state index >= 15 is 0 Å². The molecule has 3 aliphatic rings. The Hall–Kier alpha value is -1.04. The largest absolute Gasteiger partial charge is 0.317 e. The fraction of sp³-hybridized carbons (Fsp3) is 0.684. The van der Waals surface area contributed by atoms with E-state index in [1.54, 1.807) is 0 Å². The number of nitrogens with one attached hydrogen (secondary N) is 1. The standard InChI is InChI=1S/C19H27F2N3/c20-19(21)15-23(12-16-4-2-1-3-5-16)11-6-17(19)24-13-18(14-24)7-9-22-10-8-18/h1-5,17,22H,6-15H2. The third kappa shape index (κ3) is 3.22. The minimum Gasteiger partial charge on any atom is -0.317 e. The van der Waals surface area contributed by atoms with Gasteiger partial charge in [0, 0.05) is 26.2 Å². The van der Waals surface area contributed by atoms with Crippen molar-refractivity contribution >= 4 is 0 Å². The van der Waals surface area contributed by atoms with Crippen molar-refractivity contribution in [3.63, 3.8) is 0 Å². The third-order valence-corrected chi connectivity index (χ3v) is 6.07. The summed E-state index contributed by atoms with van der Waals surface area (Å²) < 4.78 is 29.5. The van der Waals surface area contributed by atoms with Gasteiger partial charge in [-0.3, -0.25) is 9.80 Å². The maximum atomic E-state index is 14.8. The number of hydrogen-bond donors (Lipinski definition) is 1. The fourth-order valence-electron chi connectivity index (χ4n) is 4.73. The van der Waals surface area contributed by atoms with Gasteiger partial charge in [0.15, 0.2) is 0 Å². The Balaban J connectivity index is 1.34. The van der Waals surface area contributed by atoms with Crippen LogP contribution in [0.4, 0.5) is 8.78 Å². The summed E-state index contributed by atoms with van der Waals surface area (Å²) in [5.41, 5.74) is 1.44. The van der Waals surface area contributed by atoms with E-state index in [9.17, 15) is 8.78 Å². The van der Waals surface area contributed by atoms with E-state index < -0.39 is 12.0 Å². The predicted octanol–water partition coefficient (Wildman–Crippen LogP) is 2.58. The summed E-state index contributed by atoms with van der Waals surface area (Å²) in [6.07, 6.45) is 2.86. The number of alkyl halides is 2. The molecule has 1 spiro atoms. The highest BCUT2D eigenvalue weighted by Crippen LogP contribution is 2.44. The first-order chi connectivity index (χ1) is 11.6. The second-order valence-electron chi connectivity index (χ2n) is 7.92. The second-order valence-corrected chi connectivity index (χ2v) is 7.92. The van der Waals surface area contributed by atoms with E-state index in [2.05, 4.69) is 10.2 Å². The maximum absolute atomic E-state index is 14.8. The van der Waals surface area contributed by atoms with E-state index in [1.807, 2.05) is 35.2 Å². The van der Waals surface area contributed by atoms with Crippen LogP contribution < -0.4 is 5.32 Å². The molecule has 1 atom stereocenters. The highest BCUT2D eigenvalue weighted by molar-refractivity contribution is 5.15. The molecular weight excluding hydrogens is 308 g/mol. The number of hydrogen-bond acceptors (Lipinski definition) is 3. The van der Waals surface area contributed by atoms with Crippen LogP contribution in [-0.4, -0.2) is 61.0 Å². The molecule has 0 amide bonds. The van der Waals surface area contributed by atoms with E-state index in [-0.39, 0.29) is 6.54 Å².